The minimum atomic E-state index is -1.09. The number of halogens is 1. The Hall–Kier alpha value is -4.24. The monoisotopic (exact) mass is 520 g/mol. The van der Waals surface area contributed by atoms with Gasteiger partial charge in [0, 0.05) is 13.1 Å². The molecule has 2 aliphatic rings. The maximum absolute atomic E-state index is 13.0. The Labute approximate surface area is 218 Å². The quantitative estimate of drug-likeness (QED) is 0.386. The van der Waals surface area contributed by atoms with Crippen molar-refractivity contribution in [3.05, 3.63) is 70.7 Å². The highest BCUT2D eigenvalue weighted by Crippen LogP contribution is 2.37. The van der Waals surface area contributed by atoms with Gasteiger partial charge in [0.05, 0.1) is 47.2 Å². The molecule has 37 heavy (non-hydrogen) atoms. The molecule has 1 unspecified atom stereocenters. The standard InChI is InChI=1S/C27H25ClN4O5/c1-37-24-13-17(4-6-20(24)28)16-3-5-19-22(12-16)30-21-7-2-15(10-23(21)31-26(19)34)11-25(33)32-9-8-18(14-32)29-27(35)36/h2-7,10,12-13,18,29-30H,8-9,11,14H2,1H3,(H,31,34)(H,35,36). The lowest BCUT2D eigenvalue weighted by molar-refractivity contribution is -0.129. The second kappa shape index (κ2) is 10.0. The summed E-state index contributed by atoms with van der Waals surface area (Å²) in [6.45, 7) is 0.857. The van der Waals surface area contributed by atoms with E-state index in [2.05, 4.69) is 16.0 Å². The van der Waals surface area contributed by atoms with E-state index in [1.54, 1.807) is 30.2 Å². The summed E-state index contributed by atoms with van der Waals surface area (Å²) in [5.74, 6) is 0.218. The molecule has 0 bridgehead atoms. The smallest absolute Gasteiger partial charge is 0.404 e. The number of hydrogen-bond acceptors (Lipinski definition) is 5. The molecule has 1 fully saturated rings. The molecule has 4 N–H and O–H groups in total. The molecule has 190 valence electrons. The topological polar surface area (TPSA) is 120 Å². The van der Waals surface area contributed by atoms with Crippen LogP contribution in [0.3, 0.4) is 0 Å². The normalized spacial score (nSPS) is 16.1. The van der Waals surface area contributed by atoms with E-state index >= 15 is 0 Å². The van der Waals surface area contributed by atoms with E-state index in [9.17, 15) is 14.4 Å². The molecule has 3 aromatic carbocycles. The minimum Gasteiger partial charge on any atom is -0.495 e. The third-order valence-electron chi connectivity index (χ3n) is 6.57. The highest BCUT2D eigenvalue weighted by atomic mass is 35.5. The van der Waals surface area contributed by atoms with Crippen LogP contribution >= 0.6 is 11.6 Å². The van der Waals surface area contributed by atoms with Gasteiger partial charge in [0.1, 0.15) is 5.75 Å². The van der Waals surface area contributed by atoms with Gasteiger partial charge in [-0.05, 0) is 59.5 Å². The van der Waals surface area contributed by atoms with Gasteiger partial charge in [0.25, 0.3) is 5.91 Å². The van der Waals surface area contributed by atoms with Crippen LogP contribution in [0, 0.1) is 0 Å². The Morgan fingerprint density at radius 3 is 2.62 bits per heavy atom. The van der Waals surface area contributed by atoms with Crippen LogP contribution in [-0.2, 0) is 11.2 Å². The summed E-state index contributed by atoms with van der Waals surface area (Å²) in [6, 6.07) is 16.3. The predicted molar refractivity (Wildman–Crippen MR) is 141 cm³/mol. The first-order valence-electron chi connectivity index (χ1n) is 11.8. The van der Waals surface area contributed by atoms with Crippen molar-refractivity contribution in [2.75, 3.05) is 30.8 Å². The molecule has 10 heteroatoms. The average molecular weight is 521 g/mol. The summed E-state index contributed by atoms with van der Waals surface area (Å²) in [4.78, 5) is 38.3. The molecule has 9 nitrogen and oxygen atoms in total. The van der Waals surface area contributed by atoms with Crippen LogP contribution in [-0.4, -0.2) is 54.2 Å². The number of amides is 3. The fourth-order valence-electron chi connectivity index (χ4n) is 4.68. The number of nitrogens with zero attached hydrogens (tertiary/aromatic N) is 1. The Morgan fingerprint density at radius 1 is 1.05 bits per heavy atom. The van der Waals surface area contributed by atoms with Gasteiger partial charge in [-0.1, -0.05) is 29.8 Å². The van der Waals surface area contributed by atoms with Crippen LogP contribution in [0.25, 0.3) is 11.1 Å². The fourth-order valence-corrected chi connectivity index (χ4v) is 4.87. The molecule has 1 atom stereocenters. The van der Waals surface area contributed by atoms with Gasteiger partial charge in [0.2, 0.25) is 5.91 Å². The van der Waals surface area contributed by atoms with Crippen LogP contribution < -0.4 is 20.7 Å². The third kappa shape index (κ3) is 5.17. The van der Waals surface area contributed by atoms with E-state index in [0.717, 1.165) is 16.7 Å². The number of carboxylic acid groups (broad SMARTS) is 1. The van der Waals surface area contributed by atoms with Crippen LogP contribution in [0.15, 0.2) is 54.6 Å². The van der Waals surface area contributed by atoms with E-state index in [1.165, 1.54) is 0 Å². The van der Waals surface area contributed by atoms with Crippen LogP contribution in [0.5, 0.6) is 5.75 Å². The molecule has 3 amide bonds. The number of likely N-dealkylation sites (tertiary alicyclic amines) is 1. The average Bonchev–Trinajstić information content (AvgIpc) is 3.28. The predicted octanol–water partition coefficient (Wildman–Crippen LogP) is 4.74. The summed E-state index contributed by atoms with van der Waals surface area (Å²) >= 11 is 6.16. The number of rotatable bonds is 5. The lowest BCUT2D eigenvalue weighted by Crippen LogP contribution is -2.38. The van der Waals surface area contributed by atoms with Gasteiger partial charge in [-0.15, -0.1) is 0 Å². The summed E-state index contributed by atoms with van der Waals surface area (Å²) in [6.07, 6.45) is -0.349. The molecule has 0 aliphatic carbocycles. The third-order valence-corrected chi connectivity index (χ3v) is 6.89. The number of benzene rings is 3. The number of carbonyl (C=O) groups is 3. The van der Waals surface area contributed by atoms with Crippen molar-refractivity contribution in [3.8, 4) is 16.9 Å². The molecule has 5 rings (SSSR count). The Kier molecular flexibility index (Phi) is 6.62. The maximum Gasteiger partial charge on any atom is 0.404 e. The van der Waals surface area contributed by atoms with Crippen molar-refractivity contribution < 1.29 is 24.2 Å². The fraction of sp³-hybridized carbons (Fsp3) is 0.222. The number of ether oxygens (including phenoxy) is 1. The first-order chi connectivity index (χ1) is 17.8. The van der Waals surface area contributed by atoms with Crippen LogP contribution in [0.1, 0.15) is 22.3 Å². The number of carbonyl (C=O) groups excluding carboxylic acids is 2. The van der Waals surface area contributed by atoms with Gasteiger partial charge in [-0.25, -0.2) is 4.79 Å². The van der Waals surface area contributed by atoms with Gasteiger partial charge in [-0.2, -0.15) is 0 Å². The van der Waals surface area contributed by atoms with Crippen molar-refractivity contribution in [3.63, 3.8) is 0 Å². The molecule has 0 spiro atoms. The Balaban J connectivity index is 1.34. The molecule has 0 saturated carbocycles. The van der Waals surface area contributed by atoms with Gasteiger partial charge < -0.3 is 30.7 Å². The number of anilines is 3. The van der Waals surface area contributed by atoms with Crippen molar-refractivity contribution in [2.45, 2.75) is 18.9 Å². The number of nitrogens with one attached hydrogen (secondary N) is 3. The van der Waals surface area contributed by atoms with E-state index in [4.69, 9.17) is 21.4 Å². The van der Waals surface area contributed by atoms with Crippen molar-refractivity contribution in [1.82, 2.24) is 10.2 Å². The molecule has 3 aromatic rings. The van der Waals surface area contributed by atoms with E-state index < -0.39 is 6.09 Å². The zero-order chi connectivity index (χ0) is 26.1. The first kappa shape index (κ1) is 24.5. The molecule has 2 heterocycles. The second-order valence-electron chi connectivity index (χ2n) is 9.02. The highest BCUT2D eigenvalue weighted by Gasteiger charge is 2.27. The van der Waals surface area contributed by atoms with Gasteiger partial charge >= 0.3 is 6.09 Å². The lowest BCUT2D eigenvalue weighted by atomic mass is 10.0. The zero-order valence-electron chi connectivity index (χ0n) is 20.0. The van der Waals surface area contributed by atoms with E-state index in [1.807, 2.05) is 36.4 Å². The van der Waals surface area contributed by atoms with E-state index in [0.29, 0.717) is 52.9 Å². The number of methoxy groups -OCH3 is 1. The number of fused-ring (bicyclic) bond motifs is 2. The summed E-state index contributed by atoms with van der Waals surface area (Å²) in [5, 5.41) is 18.1. The molecule has 1 saturated heterocycles. The van der Waals surface area contributed by atoms with Crippen LogP contribution in [0.2, 0.25) is 5.02 Å². The van der Waals surface area contributed by atoms with Gasteiger partial charge in [-0.3, -0.25) is 9.59 Å². The summed E-state index contributed by atoms with van der Waals surface area (Å²) in [5.41, 5.74) is 4.97. The van der Waals surface area contributed by atoms with Crippen LogP contribution in [0.4, 0.5) is 21.9 Å². The van der Waals surface area contributed by atoms with Crippen molar-refractivity contribution in [2.24, 2.45) is 0 Å². The zero-order valence-corrected chi connectivity index (χ0v) is 20.8. The summed E-state index contributed by atoms with van der Waals surface area (Å²) < 4.78 is 5.33. The van der Waals surface area contributed by atoms with Gasteiger partial charge in [0.15, 0.2) is 0 Å². The largest absolute Gasteiger partial charge is 0.495 e. The minimum absolute atomic E-state index is 0.0890. The van der Waals surface area contributed by atoms with Crippen molar-refractivity contribution in [1.29, 1.82) is 0 Å². The van der Waals surface area contributed by atoms with E-state index in [-0.39, 0.29) is 24.3 Å². The first-order valence-corrected chi connectivity index (χ1v) is 12.1. The highest BCUT2D eigenvalue weighted by molar-refractivity contribution is 6.32. The Bertz CT molecular complexity index is 1410. The Morgan fingerprint density at radius 2 is 1.84 bits per heavy atom. The molecule has 0 aromatic heterocycles. The second-order valence-corrected chi connectivity index (χ2v) is 9.43. The SMILES string of the molecule is COc1cc(-c2ccc3c(c2)Nc2ccc(CC(=O)N4CCC(NC(=O)O)C4)cc2NC3=O)ccc1Cl. The maximum atomic E-state index is 13.0. The summed E-state index contributed by atoms with van der Waals surface area (Å²) in [7, 11) is 1.56. The molecule has 2 aliphatic heterocycles. The molecular formula is C27H25ClN4O5. The molecular weight excluding hydrogens is 496 g/mol. The lowest BCUT2D eigenvalue weighted by Gasteiger charge is -2.17. The number of hydrogen-bond donors (Lipinski definition) is 4. The molecule has 0 radical (unpaired) electrons. The van der Waals surface area contributed by atoms with Crippen molar-refractivity contribution >= 4 is 46.6 Å².